The summed E-state index contributed by atoms with van der Waals surface area (Å²) in [6.07, 6.45) is 0.166. The molecule has 5 nitrogen and oxygen atoms in total. The molecular formula is C13H11NO4S. The Labute approximate surface area is 113 Å². The van der Waals surface area contributed by atoms with Gasteiger partial charge in [0.2, 0.25) is 6.29 Å². The van der Waals surface area contributed by atoms with Crippen LogP contribution < -0.4 is 5.32 Å². The highest BCUT2D eigenvalue weighted by Gasteiger charge is 2.21. The predicted molar refractivity (Wildman–Crippen MR) is 72.5 cm³/mol. The molecule has 0 aliphatic carbocycles. The highest BCUT2D eigenvalue weighted by Crippen LogP contribution is 2.36. The molecule has 0 unspecified atom stereocenters. The van der Waals surface area contributed by atoms with Gasteiger partial charge >= 0.3 is 5.97 Å². The summed E-state index contributed by atoms with van der Waals surface area (Å²) in [7, 11) is 0. The number of anilines is 1. The number of carbonyl (C=O) groups excluding carboxylic acids is 3. The predicted octanol–water partition coefficient (Wildman–Crippen LogP) is 2.22. The van der Waals surface area contributed by atoms with Crippen LogP contribution in [0.2, 0.25) is 0 Å². The molecule has 0 aliphatic heterocycles. The van der Waals surface area contributed by atoms with Crippen molar-refractivity contribution < 1.29 is 19.1 Å². The first-order valence-corrected chi connectivity index (χ1v) is 6.43. The first kappa shape index (κ1) is 13.2. The Kier molecular flexibility index (Phi) is 3.91. The average Bonchev–Trinajstić information content (AvgIpc) is 2.76. The molecule has 2 aromatic rings. The van der Waals surface area contributed by atoms with E-state index in [-0.39, 0.29) is 18.5 Å². The number of fused-ring (bicyclic) bond motifs is 1. The lowest BCUT2D eigenvalue weighted by Crippen LogP contribution is -2.14. The van der Waals surface area contributed by atoms with Crippen molar-refractivity contribution in [3.63, 3.8) is 0 Å². The van der Waals surface area contributed by atoms with E-state index in [1.54, 1.807) is 19.1 Å². The molecule has 0 aliphatic rings. The summed E-state index contributed by atoms with van der Waals surface area (Å²) < 4.78 is 5.82. The van der Waals surface area contributed by atoms with Gasteiger partial charge < -0.3 is 10.1 Å². The number of hydrogen-bond acceptors (Lipinski definition) is 5. The third-order valence-corrected chi connectivity index (χ3v) is 3.51. The van der Waals surface area contributed by atoms with Crippen LogP contribution in [0, 0.1) is 0 Å². The number of aldehydes is 1. The first-order valence-electron chi connectivity index (χ1n) is 5.62. The number of amides is 1. The topological polar surface area (TPSA) is 72.5 Å². The second-order valence-corrected chi connectivity index (χ2v) is 4.68. The van der Waals surface area contributed by atoms with Crippen LogP contribution in [0.25, 0.3) is 10.1 Å². The second kappa shape index (κ2) is 5.62. The number of rotatable bonds is 4. The van der Waals surface area contributed by atoms with Gasteiger partial charge in [0.05, 0.1) is 6.61 Å². The molecule has 0 spiro atoms. The number of nitrogens with one attached hydrogen (secondary N) is 1. The Morgan fingerprint density at radius 2 is 2.11 bits per heavy atom. The normalized spacial score (nSPS) is 10.2. The molecule has 0 atom stereocenters. The van der Waals surface area contributed by atoms with Gasteiger partial charge in [-0.05, 0) is 13.0 Å². The highest BCUT2D eigenvalue weighted by molar-refractivity contribution is 7.23. The number of thiophene rings is 1. The van der Waals surface area contributed by atoms with Crippen molar-refractivity contribution in [2.24, 2.45) is 0 Å². The number of carbonyl (C=O) groups is 3. The van der Waals surface area contributed by atoms with E-state index >= 15 is 0 Å². The van der Waals surface area contributed by atoms with Crippen molar-refractivity contribution in [3.8, 4) is 0 Å². The minimum absolute atomic E-state index is 0.166. The Morgan fingerprint density at radius 3 is 2.79 bits per heavy atom. The third kappa shape index (κ3) is 2.63. The maximum Gasteiger partial charge on any atom is 0.341 e. The van der Waals surface area contributed by atoms with Crippen LogP contribution in [0.3, 0.4) is 0 Å². The molecule has 0 fully saturated rings. The van der Waals surface area contributed by atoms with E-state index in [0.717, 1.165) is 4.70 Å². The third-order valence-electron chi connectivity index (χ3n) is 2.42. The Balaban J connectivity index is 2.54. The van der Waals surface area contributed by atoms with Gasteiger partial charge in [-0.25, -0.2) is 4.79 Å². The molecule has 1 N–H and O–H groups in total. The van der Waals surface area contributed by atoms with Gasteiger partial charge in [0.1, 0.15) is 10.6 Å². The molecule has 0 radical (unpaired) electrons. The van der Waals surface area contributed by atoms with Crippen molar-refractivity contribution in [1.82, 2.24) is 0 Å². The smallest absolute Gasteiger partial charge is 0.341 e. The van der Waals surface area contributed by atoms with E-state index in [9.17, 15) is 14.4 Å². The first-order chi connectivity index (χ1) is 9.17. The fourth-order valence-electron chi connectivity index (χ4n) is 1.68. The van der Waals surface area contributed by atoms with Gasteiger partial charge in [-0.15, -0.1) is 11.3 Å². The number of hydrogen-bond donors (Lipinski definition) is 1. The Bertz CT molecular complexity index is 647. The number of benzene rings is 1. The van der Waals surface area contributed by atoms with Gasteiger partial charge in [0, 0.05) is 10.1 Å². The summed E-state index contributed by atoms with van der Waals surface area (Å²) in [5, 5.41) is 3.43. The zero-order valence-electron chi connectivity index (χ0n) is 10.1. The Morgan fingerprint density at radius 1 is 1.37 bits per heavy atom. The van der Waals surface area contributed by atoms with Crippen molar-refractivity contribution in [2.75, 3.05) is 11.9 Å². The lowest BCUT2D eigenvalue weighted by atomic mass is 10.1. The number of esters is 1. The van der Waals surface area contributed by atoms with Gasteiger partial charge in [-0.1, -0.05) is 18.2 Å². The highest BCUT2D eigenvalue weighted by atomic mass is 32.1. The lowest BCUT2D eigenvalue weighted by molar-refractivity contribution is -0.127. The number of ether oxygens (including phenoxy) is 1. The molecule has 1 heterocycles. The molecule has 1 aromatic heterocycles. The minimum Gasteiger partial charge on any atom is -0.462 e. The molecule has 19 heavy (non-hydrogen) atoms. The van der Waals surface area contributed by atoms with Crippen LogP contribution in [0.1, 0.15) is 17.3 Å². The molecule has 1 amide bonds. The van der Waals surface area contributed by atoms with Crippen LogP contribution >= 0.6 is 11.3 Å². The van der Waals surface area contributed by atoms with E-state index in [2.05, 4.69) is 5.32 Å². The van der Waals surface area contributed by atoms with Crippen LogP contribution in [0.4, 0.5) is 5.00 Å². The van der Waals surface area contributed by atoms with E-state index in [4.69, 9.17) is 4.74 Å². The fraction of sp³-hybridized carbons (Fsp3) is 0.154. The van der Waals surface area contributed by atoms with E-state index in [0.29, 0.717) is 10.4 Å². The summed E-state index contributed by atoms with van der Waals surface area (Å²) >= 11 is 1.23. The molecule has 0 saturated heterocycles. The van der Waals surface area contributed by atoms with Gasteiger partial charge in [0.15, 0.2) is 0 Å². The van der Waals surface area contributed by atoms with Crippen molar-refractivity contribution in [3.05, 3.63) is 29.8 Å². The summed E-state index contributed by atoms with van der Waals surface area (Å²) in [6.45, 7) is 1.94. The second-order valence-electron chi connectivity index (χ2n) is 3.63. The molecule has 6 heteroatoms. The molecular weight excluding hydrogens is 266 g/mol. The summed E-state index contributed by atoms with van der Waals surface area (Å²) in [4.78, 5) is 33.5. The lowest BCUT2D eigenvalue weighted by Gasteiger charge is -2.04. The summed E-state index contributed by atoms with van der Waals surface area (Å²) in [5.74, 6) is -1.31. The molecule has 2 rings (SSSR count). The van der Waals surface area contributed by atoms with Crippen molar-refractivity contribution >= 4 is 44.6 Å². The largest absolute Gasteiger partial charge is 0.462 e. The summed E-state index contributed by atoms with van der Waals surface area (Å²) in [6, 6.07) is 7.23. The standard InChI is InChI=1S/C13H11NO4S/c1-2-18-13(17)11-8-5-3-4-6-9(8)19-12(11)14-10(16)7-15/h3-7H,2H2,1H3,(H,14,16). The van der Waals surface area contributed by atoms with Crippen LogP contribution in [0.5, 0.6) is 0 Å². The van der Waals surface area contributed by atoms with Gasteiger partial charge in [-0.2, -0.15) is 0 Å². The maximum atomic E-state index is 12.0. The molecule has 98 valence electrons. The zero-order chi connectivity index (χ0) is 13.8. The SMILES string of the molecule is CCOC(=O)c1c(NC(=O)C=O)sc2ccccc12. The molecule has 0 bridgehead atoms. The fourth-order valence-corrected chi connectivity index (χ4v) is 2.77. The Hall–Kier alpha value is -2.21. The van der Waals surface area contributed by atoms with E-state index in [1.807, 2.05) is 12.1 Å². The monoisotopic (exact) mass is 277 g/mol. The van der Waals surface area contributed by atoms with Gasteiger partial charge in [0.25, 0.3) is 5.91 Å². The van der Waals surface area contributed by atoms with Gasteiger partial charge in [-0.3, -0.25) is 9.59 Å². The van der Waals surface area contributed by atoms with Crippen molar-refractivity contribution in [1.29, 1.82) is 0 Å². The average molecular weight is 277 g/mol. The quantitative estimate of drug-likeness (QED) is 0.528. The maximum absolute atomic E-state index is 12.0. The minimum atomic E-state index is -0.794. The van der Waals surface area contributed by atoms with Crippen LogP contribution in [-0.2, 0) is 14.3 Å². The van der Waals surface area contributed by atoms with E-state index in [1.165, 1.54) is 11.3 Å². The van der Waals surface area contributed by atoms with E-state index < -0.39 is 11.9 Å². The van der Waals surface area contributed by atoms with Crippen molar-refractivity contribution in [2.45, 2.75) is 6.92 Å². The summed E-state index contributed by atoms with van der Waals surface area (Å²) in [5.41, 5.74) is 0.289. The molecule has 0 saturated carbocycles. The van der Waals surface area contributed by atoms with Crippen LogP contribution in [-0.4, -0.2) is 24.8 Å². The van der Waals surface area contributed by atoms with Crippen LogP contribution in [0.15, 0.2) is 24.3 Å². The zero-order valence-corrected chi connectivity index (χ0v) is 11.0. The molecule has 1 aromatic carbocycles.